The molecule has 1 aliphatic rings. The summed E-state index contributed by atoms with van der Waals surface area (Å²) in [6.45, 7) is 0.463. The lowest BCUT2D eigenvalue weighted by Crippen LogP contribution is -2.31. The summed E-state index contributed by atoms with van der Waals surface area (Å²) in [5, 5.41) is 0.584. The zero-order valence-corrected chi connectivity index (χ0v) is 16.2. The van der Waals surface area contributed by atoms with E-state index in [1.807, 2.05) is 72.8 Å². The molecule has 0 N–H and O–H groups in total. The molecule has 1 heterocycles. The quantitative estimate of drug-likeness (QED) is 0.598. The van der Waals surface area contributed by atoms with Crippen LogP contribution in [0.25, 0.3) is 0 Å². The molecule has 0 atom stereocenters. The summed E-state index contributed by atoms with van der Waals surface area (Å²) in [5.74, 6) is 0.649. The summed E-state index contributed by atoms with van der Waals surface area (Å²) in [6, 6.07) is 23.0. The number of ether oxygens (including phenoxy) is 1. The SMILES string of the molecule is COc1ccc2c(c1)N(Cc1ccccc1)C(=O)CC(c1ccccc1Cl)=N2. The molecule has 1 amide bonds. The second-order valence-corrected chi connectivity index (χ2v) is 6.94. The van der Waals surface area contributed by atoms with Crippen molar-refractivity contribution in [1.82, 2.24) is 0 Å². The highest BCUT2D eigenvalue weighted by atomic mass is 35.5. The number of amides is 1. The first kappa shape index (κ1) is 18.3. The molecule has 0 fully saturated rings. The fourth-order valence-corrected chi connectivity index (χ4v) is 3.53. The minimum atomic E-state index is -0.0328. The molecule has 0 saturated heterocycles. The summed E-state index contributed by atoms with van der Waals surface area (Å²) < 4.78 is 5.38. The van der Waals surface area contributed by atoms with Gasteiger partial charge in [0.05, 0.1) is 37.2 Å². The fourth-order valence-electron chi connectivity index (χ4n) is 3.29. The molecule has 5 heteroatoms. The zero-order chi connectivity index (χ0) is 19.5. The number of aliphatic imine (C=N–C) groups is 1. The van der Waals surface area contributed by atoms with Crippen LogP contribution in [0.15, 0.2) is 77.8 Å². The lowest BCUT2D eigenvalue weighted by molar-refractivity contribution is -0.117. The number of carbonyl (C=O) groups excluding carboxylic acids is 1. The van der Waals surface area contributed by atoms with Gasteiger partial charge in [-0.05, 0) is 23.8 Å². The number of nitrogens with zero attached hydrogens (tertiary/aromatic N) is 2. The minimum Gasteiger partial charge on any atom is -0.497 e. The van der Waals surface area contributed by atoms with E-state index >= 15 is 0 Å². The van der Waals surface area contributed by atoms with Crippen LogP contribution >= 0.6 is 11.6 Å². The molecule has 140 valence electrons. The first-order valence-electron chi connectivity index (χ1n) is 9.00. The topological polar surface area (TPSA) is 41.9 Å². The summed E-state index contributed by atoms with van der Waals surface area (Å²) in [7, 11) is 1.61. The zero-order valence-electron chi connectivity index (χ0n) is 15.4. The molecular formula is C23H19ClN2O2. The van der Waals surface area contributed by atoms with Crippen molar-refractivity contribution in [2.75, 3.05) is 12.0 Å². The number of fused-ring (bicyclic) bond motifs is 1. The van der Waals surface area contributed by atoms with Gasteiger partial charge in [0.1, 0.15) is 5.75 Å². The van der Waals surface area contributed by atoms with Gasteiger partial charge >= 0.3 is 0 Å². The smallest absolute Gasteiger partial charge is 0.233 e. The van der Waals surface area contributed by atoms with Crippen molar-refractivity contribution < 1.29 is 9.53 Å². The van der Waals surface area contributed by atoms with Crippen LogP contribution in [0.5, 0.6) is 5.75 Å². The number of carbonyl (C=O) groups is 1. The van der Waals surface area contributed by atoms with Crippen LogP contribution in [0.4, 0.5) is 11.4 Å². The van der Waals surface area contributed by atoms with Crippen molar-refractivity contribution in [2.45, 2.75) is 13.0 Å². The standard InChI is InChI=1S/C23H19ClN2O2/c1-28-17-11-12-20-22(13-17)26(15-16-7-3-2-4-8-16)23(27)14-21(25-20)18-9-5-6-10-19(18)24/h2-13H,14-15H2,1H3. The van der Waals surface area contributed by atoms with E-state index in [2.05, 4.69) is 0 Å². The Kier molecular flexibility index (Phi) is 5.13. The van der Waals surface area contributed by atoms with Gasteiger partial charge in [-0.1, -0.05) is 60.1 Å². The Morgan fingerprint density at radius 3 is 2.54 bits per heavy atom. The Morgan fingerprint density at radius 2 is 1.79 bits per heavy atom. The fraction of sp³-hybridized carbons (Fsp3) is 0.130. The summed E-state index contributed by atoms with van der Waals surface area (Å²) in [6.07, 6.45) is 0.174. The average molecular weight is 391 g/mol. The number of hydrogen-bond donors (Lipinski definition) is 0. The highest BCUT2D eigenvalue weighted by Gasteiger charge is 2.26. The van der Waals surface area contributed by atoms with Crippen LogP contribution in [0, 0.1) is 0 Å². The van der Waals surface area contributed by atoms with Crippen molar-refractivity contribution in [3.05, 3.63) is 88.9 Å². The maximum absolute atomic E-state index is 13.2. The number of rotatable bonds is 4. The van der Waals surface area contributed by atoms with E-state index < -0.39 is 0 Å². The third-order valence-corrected chi connectivity index (χ3v) is 5.05. The van der Waals surface area contributed by atoms with Crippen LogP contribution < -0.4 is 9.64 Å². The van der Waals surface area contributed by atoms with Gasteiger partial charge in [0.2, 0.25) is 5.91 Å². The number of hydrogen-bond acceptors (Lipinski definition) is 3. The van der Waals surface area contributed by atoms with E-state index in [4.69, 9.17) is 21.3 Å². The van der Waals surface area contributed by atoms with E-state index in [0.717, 1.165) is 22.5 Å². The number of anilines is 1. The molecule has 4 nitrogen and oxygen atoms in total. The second-order valence-electron chi connectivity index (χ2n) is 6.54. The highest BCUT2D eigenvalue weighted by Crippen LogP contribution is 2.37. The van der Waals surface area contributed by atoms with Crippen LogP contribution in [-0.4, -0.2) is 18.7 Å². The molecule has 1 aliphatic heterocycles. The van der Waals surface area contributed by atoms with Gasteiger partial charge in [-0.3, -0.25) is 9.79 Å². The highest BCUT2D eigenvalue weighted by molar-refractivity contribution is 6.35. The van der Waals surface area contributed by atoms with Crippen LogP contribution in [0.2, 0.25) is 5.02 Å². The maximum atomic E-state index is 13.2. The molecule has 0 aromatic heterocycles. The monoisotopic (exact) mass is 390 g/mol. The van der Waals surface area contributed by atoms with Gasteiger partial charge in [-0.15, -0.1) is 0 Å². The van der Waals surface area contributed by atoms with Crippen molar-refractivity contribution in [2.24, 2.45) is 4.99 Å². The molecule has 0 bridgehead atoms. The minimum absolute atomic E-state index is 0.0328. The lowest BCUT2D eigenvalue weighted by atomic mass is 10.1. The second kappa shape index (κ2) is 7.87. The van der Waals surface area contributed by atoms with E-state index in [9.17, 15) is 4.79 Å². The molecular weight excluding hydrogens is 372 g/mol. The van der Waals surface area contributed by atoms with Crippen molar-refractivity contribution in [1.29, 1.82) is 0 Å². The lowest BCUT2D eigenvalue weighted by Gasteiger charge is -2.23. The van der Waals surface area contributed by atoms with E-state index in [1.54, 1.807) is 12.0 Å². The average Bonchev–Trinajstić information content (AvgIpc) is 2.85. The number of benzene rings is 3. The van der Waals surface area contributed by atoms with Gasteiger partial charge < -0.3 is 9.64 Å². The van der Waals surface area contributed by atoms with Crippen LogP contribution in [-0.2, 0) is 11.3 Å². The molecule has 28 heavy (non-hydrogen) atoms. The van der Waals surface area contributed by atoms with Gasteiger partial charge in [0.15, 0.2) is 0 Å². The van der Waals surface area contributed by atoms with Crippen molar-refractivity contribution >= 4 is 34.6 Å². The van der Waals surface area contributed by atoms with E-state index in [0.29, 0.717) is 23.0 Å². The number of methoxy groups -OCH3 is 1. The predicted octanol–water partition coefficient (Wildman–Crippen LogP) is 5.41. The summed E-state index contributed by atoms with van der Waals surface area (Å²) >= 11 is 6.37. The van der Waals surface area contributed by atoms with Gasteiger partial charge in [-0.25, -0.2) is 0 Å². The summed E-state index contributed by atoms with van der Waals surface area (Å²) in [4.78, 5) is 19.8. The van der Waals surface area contributed by atoms with E-state index in [1.165, 1.54) is 0 Å². The molecule has 0 unspecified atom stereocenters. The molecule has 4 rings (SSSR count). The Bertz CT molecular complexity index is 1050. The molecule has 3 aromatic carbocycles. The molecule has 3 aromatic rings. The first-order valence-corrected chi connectivity index (χ1v) is 9.38. The van der Waals surface area contributed by atoms with Crippen LogP contribution in [0.3, 0.4) is 0 Å². The molecule has 0 spiro atoms. The summed E-state index contributed by atoms with van der Waals surface area (Å²) in [5.41, 5.74) is 3.94. The third kappa shape index (κ3) is 3.64. The van der Waals surface area contributed by atoms with Crippen molar-refractivity contribution in [3.63, 3.8) is 0 Å². The first-order chi connectivity index (χ1) is 13.7. The largest absolute Gasteiger partial charge is 0.497 e. The Hall–Kier alpha value is -3.11. The Balaban J connectivity index is 1.81. The molecule has 0 aliphatic carbocycles. The predicted molar refractivity (Wildman–Crippen MR) is 113 cm³/mol. The Morgan fingerprint density at radius 1 is 1.04 bits per heavy atom. The number of halogens is 1. The van der Waals surface area contributed by atoms with E-state index in [-0.39, 0.29) is 12.3 Å². The molecule has 0 saturated carbocycles. The van der Waals surface area contributed by atoms with Crippen molar-refractivity contribution in [3.8, 4) is 5.75 Å². The third-order valence-electron chi connectivity index (χ3n) is 4.72. The molecule has 0 radical (unpaired) electrons. The van der Waals surface area contributed by atoms with Gasteiger partial charge in [-0.2, -0.15) is 0 Å². The maximum Gasteiger partial charge on any atom is 0.233 e. The normalized spacial score (nSPS) is 13.6. The Labute approximate surface area is 169 Å². The van der Waals surface area contributed by atoms with Crippen LogP contribution in [0.1, 0.15) is 17.5 Å². The van der Waals surface area contributed by atoms with Gasteiger partial charge in [0.25, 0.3) is 0 Å². The van der Waals surface area contributed by atoms with Gasteiger partial charge in [0, 0.05) is 16.7 Å².